The number of benzene rings is 1. The number of hydrogen-bond donors (Lipinski definition) is 1. The maximum atomic E-state index is 12.3. The van der Waals surface area contributed by atoms with E-state index in [4.69, 9.17) is 9.26 Å². The largest absolute Gasteiger partial charge is 0.485 e. The number of rotatable bonds is 6. The second-order valence-corrected chi connectivity index (χ2v) is 5.70. The van der Waals surface area contributed by atoms with E-state index in [-0.39, 0.29) is 12.5 Å². The Labute approximate surface area is 128 Å². The molecule has 0 aliphatic heterocycles. The van der Waals surface area contributed by atoms with Gasteiger partial charge in [-0.2, -0.15) is 4.98 Å². The van der Waals surface area contributed by atoms with Crippen LogP contribution in [0.15, 0.2) is 28.8 Å². The molecule has 3 rings (SSSR count). The van der Waals surface area contributed by atoms with Crippen molar-refractivity contribution in [2.24, 2.45) is 11.8 Å². The fourth-order valence-corrected chi connectivity index (χ4v) is 2.32. The zero-order valence-electron chi connectivity index (χ0n) is 12.7. The lowest BCUT2D eigenvalue weighted by Gasteiger charge is -2.10. The van der Waals surface area contributed by atoms with Crippen molar-refractivity contribution in [3.63, 3.8) is 0 Å². The minimum Gasteiger partial charge on any atom is -0.485 e. The van der Waals surface area contributed by atoms with Crippen LogP contribution in [0.5, 0.6) is 5.75 Å². The molecule has 0 spiro atoms. The molecule has 1 aromatic heterocycles. The standard InChI is InChI=1S/C16H19N3O3/c1-10-7-12(10)8-17-16(20)13-5-3-4-6-14(13)21-9-15-18-11(2)22-19-15/h3-6,10,12H,7-9H2,1-2H3,(H,17,20)/t10-,12-/m1/s1. The smallest absolute Gasteiger partial charge is 0.255 e. The van der Waals surface area contributed by atoms with E-state index in [1.165, 1.54) is 6.42 Å². The van der Waals surface area contributed by atoms with Crippen LogP contribution in [0.1, 0.15) is 35.4 Å². The quantitative estimate of drug-likeness (QED) is 0.886. The third-order valence-corrected chi connectivity index (χ3v) is 3.86. The lowest BCUT2D eigenvalue weighted by atomic mass is 10.2. The zero-order chi connectivity index (χ0) is 15.5. The molecule has 2 atom stereocenters. The number of para-hydroxylation sites is 1. The van der Waals surface area contributed by atoms with Crippen LogP contribution < -0.4 is 10.1 Å². The maximum Gasteiger partial charge on any atom is 0.255 e. The first kappa shape index (κ1) is 14.6. The van der Waals surface area contributed by atoms with E-state index in [1.54, 1.807) is 19.1 Å². The summed E-state index contributed by atoms with van der Waals surface area (Å²) in [4.78, 5) is 16.4. The molecule has 22 heavy (non-hydrogen) atoms. The fraction of sp³-hybridized carbons (Fsp3) is 0.438. The third kappa shape index (κ3) is 3.44. The Kier molecular flexibility index (Phi) is 4.09. The van der Waals surface area contributed by atoms with Gasteiger partial charge in [0.25, 0.3) is 5.91 Å². The molecular formula is C16H19N3O3. The van der Waals surface area contributed by atoms with Crippen molar-refractivity contribution in [3.05, 3.63) is 41.5 Å². The molecular weight excluding hydrogens is 282 g/mol. The minimum absolute atomic E-state index is 0.112. The van der Waals surface area contributed by atoms with Crippen molar-refractivity contribution in [3.8, 4) is 5.75 Å². The predicted octanol–water partition coefficient (Wildman–Crippen LogP) is 2.34. The van der Waals surface area contributed by atoms with Crippen LogP contribution in [0.25, 0.3) is 0 Å². The SMILES string of the molecule is Cc1nc(COc2ccccc2C(=O)NC[C@H]2C[C@H]2C)no1. The zero-order valence-corrected chi connectivity index (χ0v) is 12.7. The van der Waals surface area contributed by atoms with Gasteiger partial charge in [-0.25, -0.2) is 0 Å². The van der Waals surface area contributed by atoms with Gasteiger partial charge < -0.3 is 14.6 Å². The molecule has 6 heteroatoms. The molecule has 1 saturated carbocycles. The summed E-state index contributed by atoms with van der Waals surface area (Å²) in [5.41, 5.74) is 0.524. The highest BCUT2D eigenvalue weighted by molar-refractivity contribution is 5.96. The number of hydrogen-bond acceptors (Lipinski definition) is 5. The van der Waals surface area contributed by atoms with E-state index in [2.05, 4.69) is 22.4 Å². The number of aromatic nitrogens is 2. The minimum atomic E-state index is -0.112. The molecule has 0 saturated heterocycles. The van der Waals surface area contributed by atoms with E-state index in [9.17, 15) is 4.79 Å². The monoisotopic (exact) mass is 301 g/mol. The van der Waals surface area contributed by atoms with Crippen molar-refractivity contribution < 1.29 is 14.1 Å². The molecule has 0 radical (unpaired) electrons. The summed E-state index contributed by atoms with van der Waals surface area (Å²) in [6.07, 6.45) is 1.19. The molecule has 6 nitrogen and oxygen atoms in total. The molecule has 1 aromatic carbocycles. The Balaban J connectivity index is 1.62. The Hall–Kier alpha value is -2.37. The second-order valence-electron chi connectivity index (χ2n) is 5.70. The predicted molar refractivity (Wildman–Crippen MR) is 79.4 cm³/mol. The average molecular weight is 301 g/mol. The lowest BCUT2D eigenvalue weighted by Crippen LogP contribution is -2.26. The molecule has 1 fully saturated rings. The number of amides is 1. The van der Waals surface area contributed by atoms with Gasteiger partial charge in [0.1, 0.15) is 5.75 Å². The van der Waals surface area contributed by atoms with Gasteiger partial charge in [0.05, 0.1) is 5.56 Å². The lowest BCUT2D eigenvalue weighted by molar-refractivity contribution is 0.0946. The van der Waals surface area contributed by atoms with Crippen LogP contribution in [-0.2, 0) is 6.61 Å². The number of nitrogens with one attached hydrogen (secondary N) is 1. The van der Waals surface area contributed by atoms with Crippen LogP contribution >= 0.6 is 0 Å². The fourth-order valence-electron chi connectivity index (χ4n) is 2.32. The van der Waals surface area contributed by atoms with Crippen LogP contribution in [0.3, 0.4) is 0 Å². The van der Waals surface area contributed by atoms with Crippen molar-refractivity contribution >= 4 is 5.91 Å². The number of nitrogens with zero attached hydrogens (tertiary/aromatic N) is 2. The second kappa shape index (κ2) is 6.17. The van der Waals surface area contributed by atoms with Gasteiger partial charge in [-0.1, -0.05) is 24.2 Å². The summed E-state index contributed by atoms with van der Waals surface area (Å²) in [5.74, 6) is 2.68. The molecule has 2 aromatic rings. The Bertz CT molecular complexity index is 668. The van der Waals surface area contributed by atoms with Gasteiger partial charge in [-0.3, -0.25) is 4.79 Å². The van der Waals surface area contributed by atoms with E-state index in [0.717, 1.165) is 6.54 Å². The van der Waals surface area contributed by atoms with Gasteiger partial charge in [0.2, 0.25) is 11.7 Å². The summed E-state index contributed by atoms with van der Waals surface area (Å²) in [7, 11) is 0. The third-order valence-electron chi connectivity index (χ3n) is 3.86. The number of aryl methyl sites for hydroxylation is 1. The molecule has 1 N–H and O–H groups in total. The van der Waals surface area contributed by atoms with E-state index in [0.29, 0.717) is 34.9 Å². The number of ether oxygens (including phenoxy) is 1. The summed E-state index contributed by atoms with van der Waals surface area (Å²) in [5, 5.41) is 6.74. The van der Waals surface area contributed by atoms with Crippen molar-refractivity contribution in [1.29, 1.82) is 0 Å². The molecule has 1 amide bonds. The summed E-state index contributed by atoms with van der Waals surface area (Å²) >= 11 is 0. The number of carbonyl (C=O) groups excluding carboxylic acids is 1. The summed E-state index contributed by atoms with van der Waals surface area (Å²) in [6.45, 7) is 4.80. The summed E-state index contributed by atoms with van der Waals surface area (Å²) in [6, 6.07) is 7.17. The normalized spacial score (nSPS) is 19.7. The molecule has 1 aliphatic rings. The van der Waals surface area contributed by atoms with Gasteiger partial charge in [0.15, 0.2) is 6.61 Å². The number of carbonyl (C=O) groups is 1. The highest BCUT2D eigenvalue weighted by Gasteiger charge is 2.32. The first-order chi connectivity index (χ1) is 10.6. The first-order valence-electron chi connectivity index (χ1n) is 7.42. The average Bonchev–Trinajstić information content (AvgIpc) is 3.07. The van der Waals surface area contributed by atoms with Crippen molar-refractivity contribution in [1.82, 2.24) is 15.5 Å². The van der Waals surface area contributed by atoms with E-state index in [1.807, 2.05) is 12.1 Å². The Morgan fingerprint density at radius 3 is 2.91 bits per heavy atom. The van der Waals surface area contributed by atoms with E-state index >= 15 is 0 Å². The van der Waals surface area contributed by atoms with Crippen LogP contribution in [0.2, 0.25) is 0 Å². The highest BCUT2D eigenvalue weighted by atomic mass is 16.5. The first-order valence-corrected chi connectivity index (χ1v) is 7.42. The van der Waals surface area contributed by atoms with Crippen LogP contribution in [0.4, 0.5) is 0 Å². The molecule has 116 valence electrons. The van der Waals surface area contributed by atoms with E-state index < -0.39 is 0 Å². The Morgan fingerprint density at radius 1 is 1.45 bits per heavy atom. The van der Waals surface area contributed by atoms with Gasteiger partial charge in [-0.15, -0.1) is 0 Å². The van der Waals surface area contributed by atoms with Crippen molar-refractivity contribution in [2.75, 3.05) is 6.54 Å². The highest BCUT2D eigenvalue weighted by Crippen LogP contribution is 2.36. The maximum absolute atomic E-state index is 12.3. The molecule has 0 bridgehead atoms. The molecule has 0 unspecified atom stereocenters. The molecule has 1 heterocycles. The van der Waals surface area contributed by atoms with Crippen LogP contribution in [0, 0.1) is 18.8 Å². The topological polar surface area (TPSA) is 77.2 Å². The van der Waals surface area contributed by atoms with Crippen LogP contribution in [-0.4, -0.2) is 22.6 Å². The van der Waals surface area contributed by atoms with Gasteiger partial charge in [-0.05, 0) is 30.4 Å². The van der Waals surface area contributed by atoms with Gasteiger partial charge >= 0.3 is 0 Å². The molecule has 1 aliphatic carbocycles. The Morgan fingerprint density at radius 2 is 2.23 bits per heavy atom. The summed E-state index contributed by atoms with van der Waals surface area (Å²) < 4.78 is 10.5. The van der Waals surface area contributed by atoms with Gasteiger partial charge in [0, 0.05) is 13.5 Å². The van der Waals surface area contributed by atoms with Crippen molar-refractivity contribution in [2.45, 2.75) is 26.9 Å².